The summed E-state index contributed by atoms with van der Waals surface area (Å²) in [5.74, 6) is 0.285. The van der Waals surface area contributed by atoms with Gasteiger partial charge in [-0.05, 0) is 42.9 Å². The average Bonchev–Trinajstić information content (AvgIpc) is 3.35. The molecule has 2 atom stereocenters. The summed E-state index contributed by atoms with van der Waals surface area (Å²) < 4.78 is 5.23. The SMILES string of the molecule is COc1cccc([C@@H]2C[C@H]2C(=O)N2CCC(C(=O)O)CC2)c1. The predicted octanol–water partition coefficient (Wildman–Crippen LogP) is 2.12. The van der Waals surface area contributed by atoms with E-state index in [4.69, 9.17) is 9.84 Å². The summed E-state index contributed by atoms with van der Waals surface area (Å²) >= 11 is 0. The van der Waals surface area contributed by atoms with Crippen LogP contribution in [0.15, 0.2) is 24.3 Å². The molecule has 0 aromatic heterocycles. The molecule has 0 spiro atoms. The first-order chi connectivity index (χ1) is 10.6. The zero-order valence-corrected chi connectivity index (χ0v) is 12.7. The smallest absolute Gasteiger partial charge is 0.306 e. The number of nitrogens with zero attached hydrogens (tertiary/aromatic N) is 1. The van der Waals surface area contributed by atoms with Gasteiger partial charge in [0.1, 0.15) is 5.75 Å². The summed E-state index contributed by atoms with van der Waals surface area (Å²) in [6, 6.07) is 7.89. The lowest BCUT2D eigenvalue weighted by molar-refractivity contribution is -0.146. The highest BCUT2D eigenvalue weighted by Gasteiger charge is 2.46. The number of rotatable bonds is 4. The Bertz CT molecular complexity index is 578. The van der Waals surface area contributed by atoms with Crippen molar-refractivity contribution in [2.24, 2.45) is 11.8 Å². The number of ether oxygens (including phenoxy) is 1. The number of benzene rings is 1. The summed E-state index contributed by atoms with van der Waals surface area (Å²) in [5, 5.41) is 9.01. The second-order valence-corrected chi connectivity index (χ2v) is 6.16. The van der Waals surface area contributed by atoms with Crippen molar-refractivity contribution in [2.45, 2.75) is 25.2 Å². The standard InChI is InChI=1S/C17H21NO4/c1-22-13-4-2-3-12(9-13)14-10-15(14)16(19)18-7-5-11(6-8-18)17(20)21/h2-4,9,11,14-15H,5-8,10H2,1H3,(H,20,21)/t14-,15+/m0/s1. The van der Waals surface area contributed by atoms with E-state index in [1.54, 1.807) is 7.11 Å². The zero-order valence-electron chi connectivity index (χ0n) is 12.7. The molecule has 1 aliphatic heterocycles. The van der Waals surface area contributed by atoms with Gasteiger partial charge in [0.05, 0.1) is 13.0 Å². The molecule has 1 N–H and O–H groups in total. The average molecular weight is 303 g/mol. The van der Waals surface area contributed by atoms with Crippen LogP contribution in [0, 0.1) is 11.8 Å². The Morgan fingerprint density at radius 1 is 1.27 bits per heavy atom. The maximum absolute atomic E-state index is 12.5. The number of carbonyl (C=O) groups excluding carboxylic acids is 1. The van der Waals surface area contributed by atoms with Crippen molar-refractivity contribution >= 4 is 11.9 Å². The van der Waals surface area contributed by atoms with E-state index < -0.39 is 5.97 Å². The molecule has 1 saturated carbocycles. The minimum absolute atomic E-state index is 0.0495. The van der Waals surface area contributed by atoms with E-state index in [-0.39, 0.29) is 23.7 Å². The third kappa shape index (κ3) is 2.93. The van der Waals surface area contributed by atoms with Gasteiger partial charge in [0.2, 0.25) is 5.91 Å². The van der Waals surface area contributed by atoms with Gasteiger partial charge in [-0.3, -0.25) is 9.59 Å². The van der Waals surface area contributed by atoms with Gasteiger partial charge in [0.25, 0.3) is 0 Å². The van der Waals surface area contributed by atoms with Crippen molar-refractivity contribution in [3.63, 3.8) is 0 Å². The first-order valence-electron chi connectivity index (χ1n) is 7.75. The van der Waals surface area contributed by atoms with Gasteiger partial charge in [-0.1, -0.05) is 12.1 Å². The van der Waals surface area contributed by atoms with Crippen molar-refractivity contribution in [3.05, 3.63) is 29.8 Å². The molecule has 2 aliphatic rings. The highest BCUT2D eigenvalue weighted by atomic mass is 16.5. The minimum Gasteiger partial charge on any atom is -0.497 e. The number of carbonyl (C=O) groups is 2. The molecule has 5 nitrogen and oxygen atoms in total. The number of aliphatic carboxylic acids is 1. The Kier molecular flexibility index (Phi) is 4.05. The van der Waals surface area contributed by atoms with Crippen LogP contribution in [0.5, 0.6) is 5.75 Å². The predicted molar refractivity (Wildman–Crippen MR) is 80.8 cm³/mol. The second-order valence-electron chi connectivity index (χ2n) is 6.16. The third-order valence-electron chi connectivity index (χ3n) is 4.79. The summed E-state index contributed by atoms with van der Waals surface area (Å²) in [6.07, 6.45) is 2.01. The fourth-order valence-electron chi connectivity index (χ4n) is 3.29. The Hall–Kier alpha value is -2.04. The van der Waals surface area contributed by atoms with E-state index >= 15 is 0 Å². The number of carboxylic acid groups (broad SMARTS) is 1. The van der Waals surface area contributed by atoms with E-state index in [0.29, 0.717) is 25.9 Å². The Labute approximate surface area is 129 Å². The maximum Gasteiger partial charge on any atom is 0.306 e. The van der Waals surface area contributed by atoms with Crippen molar-refractivity contribution < 1.29 is 19.4 Å². The van der Waals surface area contributed by atoms with Gasteiger partial charge in [0.15, 0.2) is 0 Å². The highest BCUT2D eigenvalue weighted by molar-refractivity contribution is 5.83. The van der Waals surface area contributed by atoms with Crippen molar-refractivity contribution in [3.8, 4) is 5.75 Å². The fourth-order valence-corrected chi connectivity index (χ4v) is 3.29. The zero-order chi connectivity index (χ0) is 15.7. The molecule has 0 bridgehead atoms. The van der Waals surface area contributed by atoms with E-state index in [2.05, 4.69) is 0 Å². The van der Waals surface area contributed by atoms with E-state index in [1.807, 2.05) is 29.2 Å². The number of hydrogen-bond donors (Lipinski definition) is 1. The molecule has 5 heteroatoms. The van der Waals surface area contributed by atoms with Crippen molar-refractivity contribution in [2.75, 3.05) is 20.2 Å². The molecule has 1 aromatic carbocycles. The van der Waals surface area contributed by atoms with E-state index in [9.17, 15) is 9.59 Å². The van der Waals surface area contributed by atoms with Crippen LogP contribution in [0.1, 0.15) is 30.7 Å². The van der Waals surface area contributed by atoms with Gasteiger partial charge in [0, 0.05) is 19.0 Å². The van der Waals surface area contributed by atoms with Crippen LogP contribution in [0.3, 0.4) is 0 Å². The third-order valence-corrected chi connectivity index (χ3v) is 4.79. The molecule has 22 heavy (non-hydrogen) atoms. The lowest BCUT2D eigenvalue weighted by Crippen LogP contribution is -2.41. The fraction of sp³-hybridized carbons (Fsp3) is 0.529. The number of methoxy groups -OCH3 is 1. The van der Waals surface area contributed by atoms with Gasteiger partial charge >= 0.3 is 5.97 Å². The summed E-state index contributed by atoms with van der Waals surface area (Å²) in [5.41, 5.74) is 1.15. The minimum atomic E-state index is -0.743. The van der Waals surface area contributed by atoms with Gasteiger partial charge < -0.3 is 14.7 Å². The van der Waals surface area contributed by atoms with Crippen LogP contribution >= 0.6 is 0 Å². The van der Waals surface area contributed by atoms with Crippen LogP contribution < -0.4 is 4.74 Å². The Balaban J connectivity index is 1.58. The van der Waals surface area contributed by atoms with Crippen molar-refractivity contribution in [1.29, 1.82) is 0 Å². The molecule has 2 fully saturated rings. The molecule has 1 aliphatic carbocycles. The lowest BCUT2D eigenvalue weighted by atomic mass is 9.96. The molecule has 1 saturated heterocycles. The topological polar surface area (TPSA) is 66.8 Å². The number of carboxylic acids is 1. The van der Waals surface area contributed by atoms with Crippen LogP contribution in [-0.4, -0.2) is 42.1 Å². The molecular weight excluding hydrogens is 282 g/mol. The number of amides is 1. The van der Waals surface area contributed by atoms with Gasteiger partial charge in [-0.2, -0.15) is 0 Å². The molecular formula is C17H21NO4. The Morgan fingerprint density at radius 2 is 2.00 bits per heavy atom. The molecule has 3 rings (SSSR count). The summed E-state index contributed by atoms with van der Waals surface area (Å²) in [7, 11) is 1.64. The second kappa shape index (κ2) is 5.99. The molecule has 1 aromatic rings. The molecule has 1 amide bonds. The monoisotopic (exact) mass is 303 g/mol. The largest absolute Gasteiger partial charge is 0.497 e. The number of hydrogen-bond acceptors (Lipinski definition) is 3. The maximum atomic E-state index is 12.5. The van der Waals surface area contributed by atoms with Gasteiger partial charge in [-0.15, -0.1) is 0 Å². The van der Waals surface area contributed by atoms with E-state index in [1.165, 1.54) is 0 Å². The molecule has 0 unspecified atom stereocenters. The molecule has 118 valence electrons. The molecule has 0 radical (unpaired) electrons. The summed E-state index contributed by atoms with van der Waals surface area (Å²) in [6.45, 7) is 1.13. The highest BCUT2D eigenvalue weighted by Crippen LogP contribution is 2.49. The van der Waals surface area contributed by atoms with E-state index in [0.717, 1.165) is 17.7 Å². The van der Waals surface area contributed by atoms with Crippen LogP contribution in [0.2, 0.25) is 0 Å². The summed E-state index contributed by atoms with van der Waals surface area (Å²) in [4.78, 5) is 25.3. The Morgan fingerprint density at radius 3 is 2.64 bits per heavy atom. The number of likely N-dealkylation sites (tertiary alicyclic amines) is 1. The van der Waals surface area contributed by atoms with Crippen molar-refractivity contribution in [1.82, 2.24) is 4.90 Å². The first-order valence-corrected chi connectivity index (χ1v) is 7.75. The van der Waals surface area contributed by atoms with Crippen LogP contribution in [-0.2, 0) is 9.59 Å². The first kappa shape index (κ1) is 14.9. The van der Waals surface area contributed by atoms with Crippen LogP contribution in [0.4, 0.5) is 0 Å². The normalized spacial score (nSPS) is 24.9. The quantitative estimate of drug-likeness (QED) is 0.925. The van der Waals surface area contributed by atoms with Gasteiger partial charge in [-0.25, -0.2) is 0 Å². The lowest BCUT2D eigenvalue weighted by Gasteiger charge is -2.30. The van der Waals surface area contributed by atoms with Crippen LogP contribution in [0.25, 0.3) is 0 Å². The number of piperidine rings is 1. The molecule has 1 heterocycles.